The fourth-order valence-electron chi connectivity index (χ4n) is 2.72. The predicted molar refractivity (Wildman–Crippen MR) is 90.0 cm³/mol. The summed E-state index contributed by atoms with van der Waals surface area (Å²) in [6.45, 7) is 17.2. The van der Waals surface area contributed by atoms with Crippen molar-refractivity contribution in [2.45, 2.75) is 80.1 Å². The maximum atomic E-state index is 9.97. The topological polar surface area (TPSA) is 40.1 Å². The quantitative estimate of drug-likeness (QED) is 0.610. The normalized spacial score (nSPS) is 11.8. The van der Waals surface area contributed by atoms with E-state index in [2.05, 4.69) is 48.6 Å². The molecule has 0 aliphatic carbocycles. The number of carboxylic acids is 1. The SMILES string of the molecule is CC(C)(C)CCCC(=O)[O-].CCC[N+](C)(CCC)CCC. The second-order valence-electron chi connectivity index (χ2n) is 7.58. The smallest absolute Gasteiger partial charge is 0.0781 e. The van der Waals surface area contributed by atoms with Crippen LogP contribution >= 0.6 is 0 Å². The Morgan fingerprint density at radius 2 is 1.33 bits per heavy atom. The molecular formula is C18H39NO2. The fourth-order valence-corrected chi connectivity index (χ4v) is 2.72. The number of hydrogen-bond acceptors (Lipinski definition) is 2. The number of hydrogen-bond donors (Lipinski definition) is 0. The highest BCUT2D eigenvalue weighted by molar-refractivity contribution is 5.64. The van der Waals surface area contributed by atoms with Crippen molar-refractivity contribution in [2.75, 3.05) is 26.7 Å². The number of nitrogens with zero attached hydrogens (tertiary/aromatic N) is 1. The zero-order valence-corrected chi connectivity index (χ0v) is 15.6. The second-order valence-corrected chi connectivity index (χ2v) is 7.58. The Morgan fingerprint density at radius 3 is 1.57 bits per heavy atom. The van der Waals surface area contributed by atoms with Crippen molar-refractivity contribution >= 4 is 5.97 Å². The van der Waals surface area contributed by atoms with Crippen LogP contribution < -0.4 is 5.11 Å². The zero-order chi connectivity index (χ0) is 16.9. The van der Waals surface area contributed by atoms with Gasteiger partial charge < -0.3 is 14.4 Å². The van der Waals surface area contributed by atoms with Gasteiger partial charge in [-0.15, -0.1) is 0 Å². The molecule has 0 aliphatic heterocycles. The summed E-state index contributed by atoms with van der Waals surface area (Å²) in [6, 6.07) is 0. The first-order chi connectivity index (χ1) is 9.60. The summed E-state index contributed by atoms with van der Waals surface area (Å²) >= 11 is 0. The largest absolute Gasteiger partial charge is 0.550 e. The molecule has 0 heterocycles. The van der Waals surface area contributed by atoms with E-state index in [0.717, 1.165) is 12.8 Å². The van der Waals surface area contributed by atoms with Gasteiger partial charge in [0.2, 0.25) is 0 Å². The Morgan fingerprint density at radius 1 is 0.952 bits per heavy atom. The van der Waals surface area contributed by atoms with Gasteiger partial charge in [0.1, 0.15) is 0 Å². The van der Waals surface area contributed by atoms with Crippen molar-refractivity contribution in [1.82, 2.24) is 0 Å². The third kappa shape index (κ3) is 17.4. The summed E-state index contributed by atoms with van der Waals surface area (Å²) in [5.41, 5.74) is 0.245. The van der Waals surface area contributed by atoms with Crippen LogP contribution in [0.2, 0.25) is 0 Å². The van der Waals surface area contributed by atoms with Gasteiger partial charge in [0.05, 0.1) is 26.7 Å². The minimum Gasteiger partial charge on any atom is -0.550 e. The van der Waals surface area contributed by atoms with Gasteiger partial charge in [-0.1, -0.05) is 41.5 Å². The highest BCUT2D eigenvalue weighted by Crippen LogP contribution is 2.20. The minimum atomic E-state index is -0.941. The lowest BCUT2D eigenvalue weighted by Gasteiger charge is -2.33. The molecule has 0 unspecified atom stereocenters. The molecule has 0 aromatic heterocycles. The fraction of sp³-hybridized carbons (Fsp3) is 0.944. The molecule has 0 atom stereocenters. The molecule has 0 amide bonds. The highest BCUT2D eigenvalue weighted by Gasteiger charge is 2.16. The van der Waals surface area contributed by atoms with E-state index in [-0.39, 0.29) is 11.8 Å². The second kappa shape index (κ2) is 12.0. The third-order valence-electron chi connectivity index (χ3n) is 3.60. The van der Waals surface area contributed by atoms with E-state index in [9.17, 15) is 9.90 Å². The standard InChI is InChI=1S/C10H24N.C8H16O2/c1-5-8-11(4,9-6-2)10-7-3;1-8(2,3)6-4-5-7(9)10/h5-10H2,1-4H3;4-6H2,1-3H3,(H,9,10)/q+1;/p-1. The molecule has 3 heteroatoms. The lowest BCUT2D eigenvalue weighted by Crippen LogP contribution is -2.45. The Labute approximate surface area is 133 Å². The van der Waals surface area contributed by atoms with Gasteiger partial charge in [0.15, 0.2) is 0 Å². The van der Waals surface area contributed by atoms with Crippen LogP contribution in [0.5, 0.6) is 0 Å². The monoisotopic (exact) mass is 301 g/mol. The van der Waals surface area contributed by atoms with Crippen LogP contribution in [0.1, 0.15) is 80.1 Å². The van der Waals surface area contributed by atoms with E-state index in [0.29, 0.717) is 0 Å². The number of quaternary nitrogens is 1. The van der Waals surface area contributed by atoms with E-state index in [1.54, 1.807) is 0 Å². The Bertz CT molecular complexity index is 239. The summed E-state index contributed by atoms with van der Waals surface area (Å²) < 4.78 is 1.28. The molecule has 0 saturated carbocycles. The predicted octanol–water partition coefficient (Wildman–Crippen LogP) is 3.62. The maximum absolute atomic E-state index is 9.97. The van der Waals surface area contributed by atoms with E-state index in [4.69, 9.17) is 0 Å². The van der Waals surface area contributed by atoms with Crippen LogP contribution in [0.4, 0.5) is 0 Å². The molecule has 0 N–H and O–H groups in total. The molecule has 3 nitrogen and oxygen atoms in total. The Balaban J connectivity index is 0. The summed E-state index contributed by atoms with van der Waals surface area (Å²) in [4.78, 5) is 9.97. The van der Waals surface area contributed by atoms with E-state index in [1.165, 1.54) is 43.4 Å². The van der Waals surface area contributed by atoms with Gasteiger partial charge in [-0.3, -0.25) is 0 Å². The molecule has 0 fully saturated rings. The lowest BCUT2D eigenvalue weighted by atomic mass is 9.90. The van der Waals surface area contributed by atoms with Crippen molar-refractivity contribution in [3.8, 4) is 0 Å². The van der Waals surface area contributed by atoms with Gasteiger partial charge in [-0.05, 0) is 43.9 Å². The van der Waals surface area contributed by atoms with Gasteiger partial charge in [-0.25, -0.2) is 0 Å². The molecule has 0 aliphatic rings. The van der Waals surface area contributed by atoms with Gasteiger partial charge in [0.25, 0.3) is 0 Å². The molecule has 0 spiro atoms. The van der Waals surface area contributed by atoms with Gasteiger partial charge >= 0.3 is 0 Å². The Hall–Kier alpha value is -0.570. The van der Waals surface area contributed by atoms with E-state index >= 15 is 0 Å². The zero-order valence-electron chi connectivity index (χ0n) is 15.6. The molecule has 0 aromatic carbocycles. The number of aliphatic carboxylic acids is 1. The average Bonchev–Trinajstić information content (AvgIpc) is 2.28. The maximum Gasteiger partial charge on any atom is 0.0781 e. The summed E-state index contributed by atoms with van der Waals surface area (Å²) in [5.74, 6) is -0.941. The average molecular weight is 302 g/mol. The van der Waals surface area contributed by atoms with E-state index < -0.39 is 5.97 Å². The first kappa shape index (κ1) is 22.7. The van der Waals surface area contributed by atoms with Crippen molar-refractivity contribution in [2.24, 2.45) is 5.41 Å². The number of carbonyl (C=O) groups is 1. The first-order valence-electron chi connectivity index (χ1n) is 8.63. The van der Waals surface area contributed by atoms with Crippen molar-refractivity contribution in [3.63, 3.8) is 0 Å². The Kier molecular flexibility index (Phi) is 13.0. The molecule has 21 heavy (non-hydrogen) atoms. The van der Waals surface area contributed by atoms with E-state index in [1.807, 2.05) is 0 Å². The van der Waals surface area contributed by atoms with Crippen molar-refractivity contribution in [3.05, 3.63) is 0 Å². The minimum absolute atomic E-state index is 0.192. The molecular weight excluding hydrogens is 262 g/mol. The van der Waals surface area contributed by atoms with Gasteiger partial charge in [0, 0.05) is 5.97 Å². The van der Waals surface area contributed by atoms with Crippen LogP contribution in [0.15, 0.2) is 0 Å². The van der Waals surface area contributed by atoms with Gasteiger partial charge in [-0.2, -0.15) is 0 Å². The lowest BCUT2D eigenvalue weighted by molar-refractivity contribution is -0.909. The number of rotatable bonds is 9. The van der Waals surface area contributed by atoms with Crippen molar-refractivity contribution in [1.29, 1.82) is 0 Å². The molecule has 0 aromatic rings. The van der Waals surface area contributed by atoms with Crippen LogP contribution in [0, 0.1) is 5.41 Å². The molecule has 0 bridgehead atoms. The third-order valence-corrected chi connectivity index (χ3v) is 3.60. The molecule has 0 radical (unpaired) electrons. The van der Waals surface area contributed by atoms with Crippen molar-refractivity contribution < 1.29 is 14.4 Å². The van der Waals surface area contributed by atoms with Crippen LogP contribution in [0.3, 0.4) is 0 Å². The molecule has 128 valence electrons. The number of carboxylic acid groups (broad SMARTS) is 1. The highest BCUT2D eigenvalue weighted by atomic mass is 16.4. The van der Waals surface area contributed by atoms with Crippen LogP contribution in [-0.4, -0.2) is 37.1 Å². The number of carbonyl (C=O) groups excluding carboxylic acids is 1. The first-order valence-corrected chi connectivity index (χ1v) is 8.63. The van der Waals surface area contributed by atoms with Crippen LogP contribution in [0.25, 0.3) is 0 Å². The summed E-state index contributed by atoms with van der Waals surface area (Å²) in [5, 5.41) is 9.97. The molecule has 0 saturated heterocycles. The summed E-state index contributed by atoms with van der Waals surface area (Å²) in [6.07, 6.45) is 5.81. The van der Waals surface area contributed by atoms with Crippen LogP contribution in [-0.2, 0) is 4.79 Å². The summed E-state index contributed by atoms with van der Waals surface area (Å²) in [7, 11) is 2.39. The molecule has 0 rings (SSSR count).